The van der Waals surface area contributed by atoms with Crippen LogP contribution in [0.4, 0.5) is 0 Å². The van der Waals surface area contributed by atoms with Gasteiger partial charge in [-0.2, -0.15) is 11.8 Å². The van der Waals surface area contributed by atoms with E-state index >= 15 is 0 Å². The highest BCUT2D eigenvalue weighted by Gasteiger charge is 2.20. The van der Waals surface area contributed by atoms with E-state index in [9.17, 15) is 0 Å². The van der Waals surface area contributed by atoms with E-state index in [1.807, 2.05) is 0 Å². The zero-order valence-corrected chi connectivity index (χ0v) is 11.3. The second-order valence-corrected chi connectivity index (χ2v) is 6.41. The quantitative estimate of drug-likeness (QED) is 0.752. The van der Waals surface area contributed by atoms with Crippen LogP contribution in [0.5, 0.6) is 0 Å². The number of hydrogen-bond donors (Lipinski definition) is 1. The third kappa shape index (κ3) is 3.81. The van der Waals surface area contributed by atoms with Crippen molar-refractivity contribution in [1.82, 2.24) is 5.32 Å². The van der Waals surface area contributed by atoms with Crippen LogP contribution in [-0.2, 0) is 0 Å². The molecule has 92 valence electrons. The van der Waals surface area contributed by atoms with Gasteiger partial charge in [0.05, 0.1) is 0 Å². The molecule has 0 amide bonds. The van der Waals surface area contributed by atoms with Crippen LogP contribution in [0, 0.1) is 5.92 Å². The zero-order chi connectivity index (χ0) is 11.2. The van der Waals surface area contributed by atoms with Gasteiger partial charge in [0.15, 0.2) is 0 Å². The summed E-state index contributed by atoms with van der Waals surface area (Å²) in [5.41, 5.74) is 0. The predicted molar refractivity (Wildman–Crippen MR) is 74.0 cm³/mol. The molecule has 0 aromatic carbocycles. The molecule has 1 fully saturated rings. The lowest BCUT2D eigenvalue weighted by Crippen LogP contribution is -2.37. The molecule has 0 aromatic rings. The molecular formula is C14H25NS. The average molecular weight is 239 g/mol. The lowest BCUT2D eigenvalue weighted by atomic mass is 9.92. The highest BCUT2D eigenvalue weighted by atomic mass is 32.2. The average Bonchev–Trinajstić information content (AvgIpc) is 2.38. The molecule has 16 heavy (non-hydrogen) atoms. The summed E-state index contributed by atoms with van der Waals surface area (Å²) in [6, 6.07) is 0.814. The van der Waals surface area contributed by atoms with Gasteiger partial charge in [0, 0.05) is 11.3 Å². The van der Waals surface area contributed by atoms with Crippen molar-refractivity contribution < 1.29 is 0 Å². The van der Waals surface area contributed by atoms with Crippen LogP contribution in [0.3, 0.4) is 0 Å². The largest absolute Gasteiger partial charge is 0.314 e. The van der Waals surface area contributed by atoms with Crippen molar-refractivity contribution in [3.63, 3.8) is 0 Å². The Balaban J connectivity index is 1.61. The van der Waals surface area contributed by atoms with Crippen molar-refractivity contribution in [3.8, 4) is 0 Å². The minimum Gasteiger partial charge on any atom is -0.314 e. The Hall–Kier alpha value is 0.0500. The van der Waals surface area contributed by atoms with Crippen LogP contribution >= 0.6 is 11.8 Å². The van der Waals surface area contributed by atoms with E-state index in [4.69, 9.17) is 0 Å². The molecule has 1 atom stereocenters. The first-order valence-electron chi connectivity index (χ1n) is 6.79. The van der Waals surface area contributed by atoms with Crippen molar-refractivity contribution in [2.45, 2.75) is 56.2 Å². The van der Waals surface area contributed by atoms with Crippen molar-refractivity contribution >= 4 is 11.8 Å². The smallest absolute Gasteiger partial charge is 0.00679 e. The van der Waals surface area contributed by atoms with Gasteiger partial charge in [0.2, 0.25) is 0 Å². The molecule has 2 rings (SSSR count). The second kappa shape index (κ2) is 6.70. The normalized spacial score (nSPS) is 35.2. The summed E-state index contributed by atoms with van der Waals surface area (Å²) in [4.78, 5) is 0. The summed E-state index contributed by atoms with van der Waals surface area (Å²) in [5, 5.41) is 4.73. The van der Waals surface area contributed by atoms with Crippen molar-refractivity contribution in [3.05, 3.63) is 12.2 Å². The number of rotatable bonds is 4. The first-order valence-corrected chi connectivity index (χ1v) is 8.08. The number of thioether (sulfide) groups is 1. The number of hydrogen-bond acceptors (Lipinski definition) is 2. The SMILES string of the molecule is CSC1CCC(NCC2CC=CCC2)CC1. The maximum Gasteiger partial charge on any atom is 0.00679 e. The van der Waals surface area contributed by atoms with Gasteiger partial charge in [0.25, 0.3) is 0 Å². The number of allylic oxidation sites excluding steroid dienone is 2. The van der Waals surface area contributed by atoms with Crippen LogP contribution in [0.2, 0.25) is 0 Å². The molecule has 1 N–H and O–H groups in total. The van der Waals surface area contributed by atoms with E-state index in [0.29, 0.717) is 0 Å². The maximum absolute atomic E-state index is 3.79. The van der Waals surface area contributed by atoms with Gasteiger partial charge in [-0.25, -0.2) is 0 Å². The van der Waals surface area contributed by atoms with Crippen molar-refractivity contribution in [1.29, 1.82) is 0 Å². The minimum absolute atomic E-state index is 0.814. The lowest BCUT2D eigenvalue weighted by Gasteiger charge is -2.30. The zero-order valence-electron chi connectivity index (χ0n) is 10.5. The third-order valence-corrected chi connectivity index (χ3v) is 5.22. The molecule has 0 heterocycles. The van der Waals surface area contributed by atoms with Crippen LogP contribution in [0.15, 0.2) is 12.2 Å². The molecule has 0 spiro atoms. The van der Waals surface area contributed by atoms with Gasteiger partial charge in [-0.1, -0.05) is 12.2 Å². The first kappa shape index (κ1) is 12.5. The van der Waals surface area contributed by atoms with Crippen LogP contribution < -0.4 is 5.32 Å². The fourth-order valence-corrected chi connectivity index (χ4v) is 3.62. The van der Waals surface area contributed by atoms with Gasteiger partial charge in [-0.05, 0) is 63.7 Å². The van der Waals surface area contributed by atoms with Crippen LogP contribution in [0.25, 0.3) is 0 Å². The predicted octanol–water partition coefficient (Wildman–Crippen LogP) is 3.61. The molecular weight excluding hydrogens is 214 g/mol. The van der Waals surface area contributed by atoms with E-state index in [1.54, 1.807) is 0 Å². The molecule has 0 aromatic heterocycles. The Morgan fingerprint density at radius 3 is 2.56 bits per heavy atom. The molecule has 0 bridgehead atoms. The second-order valence-electron chi connectivity index (χ2n) is 5.27. The summed E-state index contributed by atoms with van der Waals surface area (Å²) < 4.78 is 0. The summed E-state index contributed by atoms with van der Waals surface area (Å²) >= 11 is 2.06. The molecule has 0 aliphatic heterocycles. The maximum atomic E-state index is 3.79. The van der Waals surface area contributed by atoms with Gasteiger partial charge in [0.1, 0.15) is 0 Å². The fraction of sp³-hybridized carbons (Fsp3) is 0.857. The van der Waals surface area contributed by atoms with Gasteiger partial charge >= 0.3 is 0 Å². The molecule has 2 aliphatic carbocycles. The van der Waals surface area contributed by atoms with Crippen LogP contribution in [-0.4, -0.2) is 24.1 Å². The monoisotopic (exact) mass is 239 g/mol. The van der Waals surface area contributed by atoms with Gasteiger partial charge in [-0.3, -0.25) is 0 Å². The van der Waals surface area contributed by atoms with E-state index < -0.39 is 0 Å². The molecule has 2 aliphatic rings. The Kier molecular flexibility index (Phi) is 5.24. The van der Waals surface area contributed by atoms with Gasteiger partial charge < -0.3 is 5.32 Å². The first-order chi connectivity index (χ1) is 7.88. The topological polar surface area (TPSA) is 12.0 Å². The van der Waals surface area contributed by atoms with E-state index in [1.165, 1.54) is 51.5 Å². The molecule has 1 saturated carbocycles. The summed E-state index contributed by atoms with van der Waals surface area (Å²) in [6.07, 6.45) is 16.6. The van der Waals surface area contributed by atoms with Crippen molar-refractivity contribution in [2.24, 2.45) is 5.92 Å². The summed E-state index contributed by atoms with van der Waals surface area (Å²) in [7, 11) is 0. The molecule has 0 saturated heterocycles. The third-order valence-electron chi connectivity index (χ3n) is 4.08. The van der Waals surface area contributed by atoms with Crippen LogP contribution in [0.1, 0.15) is 44.9 Å². The molecule has 1 nitrogen and oxygen atoms in total. The Labute approximate surface area is 104 Å². The van der Waals surface area contributed by atoms with E-state index in [2.05, 4.69) is 35.5 Å². The minimum atomic E-state index is 0.814. The molecule has 1 unspecified atom stereocenters. The number of nitrogens with one attached hydrogen (secondary N) is 1. The van der Waals surface area contributed by atoms with E-state index in [0.717, 1.165) is 17.2 Å². The highest BCUT2D eigenvalue weighted by Crippen LogP contribution is 2.27. The molecule has 2 heteroatoms. The van der Waals surface area contributed by atoms with Crippen molar-refractivity contribution in [2.75, 3.05) is 12.8 Å². The summed E-state index contributed by atoms with van der Waals surface area (Å²) in [5.74, 6) is 0.906. The van der Waals surface area contributed by atoms with Gasteiger partial charge in [-0.15, -0.1) is 0 Å². The Morgan fingerprint density at radius 2 is 1.94 bits per heavy atom. The van der Waals surface area contributed by atoms with E-state index in [-0.39, 0.29) is 0 Å². The highest BCUT2D eigenvalue weighted by molar-refractivity contribution is 7.99. The standard InChI is InChI=1S/C14H25NS/c1-16-14-9-7-13(8-10-14)15-11-12-5-3-2-4-6-12/h2-3,12-15H,4-11H2,1H3. The molecule has 0 radical (unpaired) electrons. The fourth-order valence-electron chi connectivity index (χ4n) is 2.88. The lowest BCUT2D eigenvalue weighted by molar-refractivity contribution is 0.341. The summed E-state index contributed by atoms with van der Waals surface area (Å²) in [6.45, 7) is 1.25. The Morgan fingerprint density at radius 1 is 1.12 bits per heavy atom. The Bertz CT molecular complexity index is 219.